The van der Waals surface area contributed by atoms with Crippen molar-refractivity contribution in [2.24, 2.45) is 21.9 Å². The molecule has 0 radical (unpaired) electrons. The maximum absolute atomic E-state index is 14.3. The van der Waals surface area contributed by atoms with E-state index >= 15 is 0 Å². The molecule has 1 aromatic carbocycles. The number of ketones is 2. The summed E-state index contributed by atoms with van der Waals surface area (Å²) in [6, 6.07) is 5.41. The first-order valence-electron chi connectivity index (χ1n) is 14.8. The van der Waals surface area contributed by atoms with Gasteiger partial charge in [0.2, 0.25) is 5.91 Å². The Morgan fingerprint density at radius 1 is 1.28 bits per heavy atom. The number of benzene rings is 1. The van der Waals surface area contributed by atoms with Gasteiger partial charge in [-0.15, -0.1) is 6.58 Å². The van der Waals surface area contributed by atoms with Gasteiger partial charge in [-0.1, -0.05) is 55.7 Å². The van der Waals surface area contributed by atoms with E-state index in [9.17, 15) is 19.2 Å². The molecule has 0 aromatic heterocycles. The normalized spacial score (nSPS) is 30.4. The Labute approximate surface area is 257 Å². The van der Waals surface area contributed by atoms with Crippen molar-refractivity contribution in [1.29, 1.82) is 0 Å². The van der Waals surface area contributed by atoms with Gasteiger partial charge in [0.25, 0.3) is 0 Å². The Balaban J connectivity index is 1.40. The summed E-state index contributed by atoms with van der Waals surface area (Å²) in [5.41, 5.74) is -0.979. The summed E-state index contributed by atoms with van der Waals surface area (Å²) in [6.45, 7) is 11.8. The summed E-state index contributed by atoms with van der Waals surface area (Å²) >= 11 is 6.21. The number of Topliss-reactive ketones (excluding diaryl/α,β-unsaturated/α-hetero) is 2. The van der Waals surface area contributed by atoms with E-state index in [0.717, 1.165) is 5.56 Å². The van der Waals surface area contributed by atoms with Gasteiger partial charge in [-0.3, -0.25) is 14.4 Å². The highest BCUT2D eigenvalue weighted by molar-refractivity contribution is 6.31. The van der Waals surface area contributed by atoms with Gasteiger partial charge in [0.1, 0.15) is 17.9 Å². The average Bonchev–Trinajstić information content (AvgIpc) is 3.30. The fourth-order valence-corrected chi connectivity index (χ4v) is 6.72. The van der Waals surface area contributed by atoms with Crippen molar-refractivity contribution in [3.63, 3.8) is 0 Å². The molecule has 6 atom stereocenters. The average molecular weight is 614 g/mol. The summed E-state index contributed by atoms with van der Waals surface area (Å²) in [7, 11) is 0. The molecule has 0 bridgehead atoms. The van der Waals surface area contributed by atoms with E-state index in [0.29, 0.717) is 43.2 Å². The van der Waals surface area contributed by atoms with Crippen LogP contribution in [-0.4, -0.2) is 77.7 Å². The number of likely N-dealkylation sites (tertiary alicyclic amines) is 1. The highest BCUT2D eigenvalue weighted by Crippen LogP contribution is 2.57. The summed E-state index contributed by atoms with van der Waals surface area (Å²) in [5, 5.41) is 7.67. The van der Waals surface area contributed by atoms with Crippen molar-refractivity contribution in [2.75, 3.05) is 19.8 Å². The number of nitrogens with zero attached hydrogens (tertiary/aromatic N) is 2. The molecule has 10 nitrogen and oxygen atoms in total. The lowest BCUT2D eigenvalue weighted by atomic mass is 9.85. The van der Waals surface area contributed by atoms with Gasteiger partial charge in [0.05, 0.1) is 31.5 Å². The molecule has 3 fully saturated rings. The van der Waals surface area contributed by atoms with Gasteiger partial charge >= 0.3 is 6.09 Å². The second-order valence-electron chi connectivity index (χ2n) is 13.4. The number of carbonyl (C=O) groups excluding carboxylic acids is 4. The van der Waals surface area contributed by atoms with Crippen LogP contribution in [0.25, 0.3) is 0 Å². The van der Waals surface area contributed by atoms with E-state index in [1.165, 1.54) is 11.8 Å². The van der Waals surface area contributed by atoms with Gasteiger partial charge in [-0.2, -0.15) is 0 Å². The molecule has 5 rings (SSSR count). The van der Waals surface area contributed by atoms with E-state index in [1.54, 1.807) is 18.2 Å². The maximum atomic E-state index is 14.3. The third kappa shape index (κ3) is 6.36. The van der Waals surface area contributed by atoms with Gasteiger partial charge in [-0.05, 0) is 36.8 Å². The minimum atomic E-state index is -0.994. The number of rotatable bonds is 9. The number of carbonyl (C=O) groups is 4. The second kappa shape index (κ2) is 11.7. The van der Waals surface area contributed by atoms with E-state index in [4.69, 9.17) is 25.9 Å². The van der Waals surface area contributed by atoms with Crippen molar-refractivity contribution in [3.05, 3.63) is 47.5 Å². The number of amides is 2. The highest BCUT2D eigenvalue weighted by Gasteiger charge is 2.60. The molecule has 0 unspecified atom stereocenters. The van der Waals surface area contributed by atoms with Crippen molar-refractivity contribution in [2.45, 2.75) is 83.6 Å². The lowest BCUT2D eigenvalue weighted by Gasteiger charge is -2.35. The molecule has 2 saturated heterocycles. The Kier molecular flexibility index (Phi) is 8.48. The first-order chi connectivity index (χ1) is 20.3. The van der Waals surface area contributed by atoms with Crippen LogP contribution in [0.15, 0.2) is 42.1 Å². The van der Waals surface area contributed by atoms with E-state index in [1.807, 2.05) is 32.9 Å². The molecule has 4 aliphatic rings. The molecule has 2 amide bonds. The topological polar surface area (TPSA) is 124 Å². The Morgan fingerprint density at radius 3 is 2.65 bits per heavy atom. The van der Waals surface area contributed by atoms with Crippen molar-refractivity contribution < 1.29 is 33.5 Å². The van der Waals surface area contributed by atoms with E-state index in [2.05, 4.69) is 17.1 Å². The van der Waals surface area contributed by atoms with Crippen molar-refractivity contribution in [3.8, 4) is 0 Å². The van der Waals surface area contributed by atoms with Gasteiger partial charge in [-0.25, -0.2) is 4.79 Å². The van der Waals surface area contributed by atoms with Crippen molar-refractivity contribution in [1.82, 2.24) is 10.2 Å². The summed E-state index contributed by atoms with van der Waals surface area (Å²) in [4.78, 5) is 61.4. The van der Waals surface area contributed by atoms with Crippen LogP contribution in [0.3, 0.4) is 0 Å². The molecule has 232 valence electrons. The fraction of sp³-hybridized carbons (Fsp3) is 0.594. The van der Waals surface area contributed by atoms with Crippen LogP contribution in [0, 0.1) is 16.7 Å². The SMILES string of the molecule is C=C[C@@H]1C[C@]1(CC(=O)[C@@H]1C[C@]2(CC(c3cccc(Cl)c3)=NO2)CN1C(=O)[C@@H](NC(=O)O[C@H]1CCOC1)C(C)(C)C)C(C)=O. The smallest absolute Gasteiger partial charge is 0.408 e. The Morgan fingerprint density at radius 2 is 2.05 bits per heavy atom. The van der Waals surface area contributed by atoms with Gasteiger partial charge in [0.15, 0.2) is 11.4 Å². The highest BCUT2D eigenvalue weighted by atomic mass is 35.5. The number of hydrogen-bond donors (Lipinski definition) is 1. The van der Waals surface area contributed by atoms with Crippen LogP contribution in [-0.2, 0) is 28.7 Å². The number of halogens is 1. The Hall–Kier alpha value is -3.24. The van der Waals surface area contributed by atoms with Gasteiger partial charge in [0, 0.05) is 41.7 Å². The molecule has 1 saturated carbocycles. The number of nitrogens with one attached hydrogen (secondary N) is 1. The zero-order chi connectivity index (χ0) is 31.2. The minimum absolute atomic E-state index is 0.00287. The lowest BCUT2D eigenvalue weighted by molar-refractivity contribution is -0.142. The number of hydrogen-bond acceptors (Lipinski definition) is 8. The quantitative estimate of drug-likeness (QED) is 0.408. The fourth-order valence-electron chi connectivity index (χ4n) is 6.53. The third-order valence-electron chi connectivity index (χ3n) is 9.20. The number of allylic oxidation sites excluding steroid dienone is 1. The maximum Gasteiger partial charge on any atom is 0.408 e. The first-order valence-corrected chi connectivity index (χ1v) is 15.2. The Bertz CT molecular complexity index is 1350. The zero-order valence-corrected chi connectivity index (χ0v) is 25.9. The zero-order valence-electron chi connectivity index (χ0n) is 25.2. The van der Waals surface area contributed by atoms with Crippen LogP contribution in [0.5, 0.6) is 0 Å². The molecule has 3 aliphatic heterocycles. The molecule has 1 N–H and O–H groups in total. The number of ether oxygens (including phenoxy) is 2. The van der Waals surface area contributed by atoms with Gasteiger partial charge < -0.3 is 24.5 Å². The predicted octanol–water partition coefficient (Wildman–Crippen LogP) is 4.47. The number of alkyl carbamates (subject to hydrolysis) is 1. The molecule has 1 aliphatic carbocycles. The van der Waals surface area contributed by atoms with Crippen LogP contribution in [0.1, 0.15) is 65.4 Å². The van der Waals surface area contributed by atoms with Crippen LogP contribution < -0.4 is 5.32 Å². The van der Waals surface area contributed by atoms with Crippen molar-refractivity contribution >= 4 is 40.9 Å². The van der Waals surface area contributed by atoms with E-state index in [-0.39, 0.29) is 43.0 Å². The summed E-state index contributed by atoms with van der Waals surface area (Å²) in [6.07, 6.45) is 2.35. The molecule has 11 heteroatoms. The van der Waals surface area contributed by atoms with Crippen LogP contribution in [0.4, 0.5) is 4.79 Å². The van der Waals surface area contributed by atoms with Crippen LogP contribution in [0.2, 0.25) is 5.02 Å². The molecule has 1 spiro atoms. The van der Waals surface area contributed by atoms with E-state index < -0.39 is 40.5 Å². The largest absolute Gasteiger partial charge is 0.444 e. The summed E-state index contributed by atoms with van der Waals surface area (Å²) in [5.74, 6) is -0.779. The predicted molar refractivity (Wildman–Crippen MR) is 160 cm³/mol. The lowest BCUT2D eigenvalue weighted by Crippen LogP contribution is -2.57. The molecule has 43 heavy (non-hydrogen) atoms. The molecular weight excluding hydrogens is 574 g/mol. The summed E-state index contributed by atoms with van der Waals surface area (Å²) < 4.78 is 10.8. The van der Waals surface area contributed by atoms with Crippen LogP contribution >= 0.6 is 11.6 Å². The molecular formula is C32H40ClN3O7. The minimum Gasteiger partial charge on any atom is -0.444 e. The molecule has 1 aromatic rings. The monoisotopic (exact) mass is 613 g/mol. The molecule has 3 heterocycles. The number of oxime groups is 1. The first kappa shape index (κ1) is 31.2. The third-order valence-corrected chi connectivity index (χ3v) is 9.43. The second-order valence-corrected chi connectivity index (χ2v) is 13.9. The standard InChI is InChI=1S/C32H40ClN3O7/c1-6-21-13-32(21,19(2)37)16-26(38)25-15-31(14-24(35-43-31)20-8-7-9-22(33)12-20)18-36(25)28(39)27(30(3,4)5)34-29(40)42-23-10-11-41-17-23/h6-9,12,21,23,25,27H,1,10-11,13-18H2,2-5H3,(H,34,40)/t21-,23+,25+,27-,31-,32+/m1/s1.